The van der Waals surface area contributed by atoms with Gasteiger partial charge in [0.25, 0.3) is 0 Å². The van der Waals surface area contributed by atoms with Crippen LogP contribution in [0.2, 0.25) is 0 Å². The maximum atomic E-state index is 6.58. The number of rotatable bonds is 2. The van der Waals surface area contributed by atoms with Crippen LogP contribution < -0.4 is 0 Å². The highest BCUT2D eigenvalue weighted by Crippen LogP contribution is 1.94. The van der Waals surface area contributed by atoms with Crippen molar-refractivity contribution in [2.45, 2.75) is 0 Å². The summed E-state index contributed by atoms with van der Waals surface area (Å²) in [5.74, 6) is 0. The third kappa shape index (κ3) is 2.07. The molecule has 0 aromatic heterocycles. The molecular weight excluding hydrogens is 118 g/mol. The normalized spacial score (nSPS) is 21.8. The monoisotopic (exact) mass is 129 g/mol. The van der Waals surface area contributed by atoms with Gasteiger partial charge in [-0.25, -0.2) is 5.53 Å². The molecule has 0 spiro atoms. The first-order valence-electron chi connectivity index (χ1n) is 3.07. The van der Waals surface area contributed by atoms with Crippen LogP contribution in [0.5, 0.6) is 0 Å². The van der Waals surface area contributed by atoms with E-state index in [1.165, 1.54) is 0 Å². The Labute approximate surface area is 54.3 Å². The van der Waals surface area contributed by atoms with E-state index in [0.717, 1.165) is 26.3 Å². The van der Waals surface area contributed by atoms with Crippen LogP contribution in [0, 0.1) is 5.53 Å². The summed E-state index contributed by atoms with van der Waals surface area (Å²) in [7, 11) is 0. The Bertz CT molecular complexity index is 90.2. The van der Waals surface area contributed by atoms with Gasteiger partial charge < -0.3 is 4.74 Å². The van der Waals surface area contributed by atoms with E-state index in [2.05, 4.69) is 10.0 Å². The third-order valence-electron chi connectivity index (χ3n) is 1.37. The zero-order valence-corrected chi connectivity index (χ0v) is 5.34. The van der Waals surface area contributed by atoms with Gasteiger partial charge in [-0.05, 0) is 0 Å². The topological polar surface area (TPSA) is 48.7 Å². The van der Waals surface area contributed by atoms with Crippen molar-refractivity contribution in [1.29, 1.82) is 5.53 Å². The van der Waals surface area contributed by atoms with E-state index in [1.807, 2.05) is 0 Å². The maximum absolute atomic E-state index is 6.58. The average molecular weight is 129 g/mol. The molecule has 4 nitrogen and oxygen atoms in total. The maximum Gasteiger partial charge on any atom is 0.112 e. The number of morpholine rings is 1. The van der Waals surface area contributed by atoms with Crippen molar-refractivity contribution in [2.75, 3.05) is 33.0 Å². The molecule has 0 aromatic carbocycles. The lowest BCUT2D eigenvalue weighted by Gasteiger charge is -2.23. The Morgan fingerprint density at radius 3 is 2.67 bits per heavy atom. The Morgan fingerprint density at radius 2 is 2.11 bits per heavy atom. The standard InChI is InChI=1S/C5H11N3O/c6-7-5-8-1-3-9-4-2-8/h6H,1-5H2. The minimum Gasteiger partial charge on any atom is -0.379 e. The van der Waals surface area contributed by atoms with Crippen molar-refractivity contribution in [3.05, 3.63) is 0 Å². The molecule has 52 valence electrons. The second-order valence-electron chi connectivity index (χ2n) is 2.03. The minimum atomic E-state index is 0.531. The summed E-state index contributed by atoms with van der Waals surface area (Å²) in [5, 5.41) is 3.28. The van der Waals surface area contributed by atoms with Crippen LogP contribution >= 0.6 is 0 Å². The minimum absolute atomic E-state index is 0.531. The van der Waals surface area contributed by atoms with Crippen molar-refractivity contribution < 1.29 is 4.74 Å². The van der Waals surface area contributed by atoms with Crippen LogP contribution in [0.3, 0.4) is 0 Å². The fourth-order valence-electron chi connectivity index (χ4n) is 0.843. The first-order chi connectivity index (χ1) is 4.43. The molecular formula is C5H11N3O. The fraction of sp³-hybridized carbons (Fsp3) is 1.00. The Hall–Kier alpha value is -0.480. The SMILES string of the molecule is N=NCN1CCOCC1. The molecule has 9 heavy (non-hydrogen) atoms. The van der Waals surface area contributed by atoms with Gasteiger partial charge in [-0.2, -0.15) is 5.11 Å². The van der Waals surface area contributed by atoms with E-state index in [0.29, 0.717) is 6.67 Å². The van der Waals surface area contributed by atoms with Gasteiger partial charge in [-0.1, -0.05) is 0 Å². The molecule has 0 amide bonds. The third-order valence-corrected chi connectivity index (χ3v) is 1.37. The lowest BCUT2D eigenvalue weighted by atomic mass is 10.5. The van der Waals surface area contributed by atoms with Gasteiger partial charge in [0.2, 0.25) is 0 Å². The number of hydrogen-bond acceptors (Lipinski definition) is 4. The van der Waals surface area contributed by atoms with Crippen molar-refractivity contribution in [1.82, 2.24) is 4.90 Å². The lowest BCUT2D eigenvalue weighted by Crippen LogP contribution is -2.36. The van der Waals surface area contributed by atoms with Gasteiger partial charge in [-0.3, -0.25) is 4.90 Å². The largest absolute Gasteiger partial charge is 0.379 e. The fourth-order valence-corrected chi connectivity index (χ4v) is 0.843. The predicted octanol–water partition coefficient (Wildman–Crippen LogP) is 0.307. The van der Waals surface area contributed by atoms with Crippen LogP contribution in [-0.2, 0) is 4.74 Å². The molecule has 1 heterocycles. The number of nitrogens with one attached hydrogen (secondary N) is 1. The summed E-state index contributed by atoms with van der Waals surface area (Å²) in [6.45, 7) is 3.94. The van der Waals surface area contributed by atoms with Crippen molar-refractivity contribution in [3.8, 4) is 0 Å². The van der Waals surface area contributed by atoms with Crippen molar-refractivity contribution in [3.63, 3.8) is 0 Å². The molecule has 0 saturated carbocycles. The van der Waals surface area contributed by atoms with Crippen LogP contribution in [0.15, 0.2) is 5.11 Å². The molecule has 0 aromatic rings. The summed E-state index contributed by atoms with van der Waals surface area (Å²) >= 11 is 0. The van der Waals surface area contributed by atoms with Gasteiger partial charge in [0, 0.05) is 13.1 Å². The summed E-state index contributed by atoms with van der Waals surface area (Å²) in [4.78, 5) is 2.09. The second-order valence-corrected chi connectivity index (χ2v) is 2.03. The summed E-state index contributed by atoms with van der Waals surface area (Å²) in [6.07, 6.45) is 0. The zero-order valence-electron chi connectivity index (χ0n) is 5.34. The Kier molecular flexibility index (Phi) is 2.60. The summed E-state index contributed by atoms with van der Waals surface area (Å²) in [6, 6.07) is 0. The summed E-state index contributed by atoms with van der Waals surface area (Å²) < 4.78 is 5.10. The van der Waals surface area contributed by atoms with Gasteiger partial charge in [0.15, 0.2) is 0 Å². The molecule has 1 rings (SSSR count). The predicted molar refractivity (Wildman–Crippen MR) is 32.4 cm³/mol. The molecule has 1 aliphatic rings. The smallest absolute Gasteiger partial charge is 0.112 e. The number of hydrogen-bond donors (Lipinski definition) is 1. The van der Waals surface area contributed by atoms with E-state index in [-0.39, 0.29) is 0 Å². The highest BCUT2D eigenvalue weighted by molar-refractivity contribution is 4.58. The molecule has 0 aliphatic carbocycles. The van der Waals surface area contributed by atoms with E-state index in [9.17, 15) is 0 Å². The van der Waals surface area contributed by atoms with Crippen molar-refractivity contribution in [2.24, 2.45) is 5.11 Å². The van der Waals surface area contributed by atoms with E-state index < -0.39 is 0 Å². The van der Waals surface area contributed by atoms with Crippen LogP contribution in [0.25, 0.3) is 0 Å². The van der Waals surface area contributed by atoms with Gasteiger partial charge in [-0.15, -0.1) is 0 Å². The van der Waals surface area contributed by atoms with Crippen LogP contribution in [0.1, 0.15) is 0 Å². The van der Waals surface area contributed by atoms with E-state index >= 15 is 0 Å². The average Bonchev–Trinajstić information content (AvgIpc) is 1.91. The zero-order chi connectivity index (χ0) is 6.53. The first-order valence-corrected chi connectivity index (χ1v) is 3.07. The molecule has 1 saturated heterocycles. The highest BCUT2D eigenvalue weighted by Gasteiger charge is 2.07. The van der Waals surface area contributed by atoms with Gasteiger partial charge in [0.05, 0.1) is 13.2 Å². The Balaban J connectivity index is 2.15. The molecule has 0 unspecified atom stereocenters. The number of ether oxygens (including phenoxy) is 1. The molecule has 1 N–H and O–H groups in total. The van der Waals surface area contributed by atoms with E-state index in [4.69, 9.17) is 10.3 Å². The van der Waals surface area contributed by atoms with Crippen LogP contribution in [0.4, 0.5) is 0 Å². The first kappa shape index (κ1) is 6.64. The van der Waals surface area contributed by atoms with Gasteiger partial charge >= 0.3 is 0 Å². The molecule has 0 radical (unpaired) electrons. The highest BCUT2D eigenvalue weighted by atomic mass is 16.5. The molecule has 0 atom stereocenters. The molecule has 1 aliphatic heterocycles. The van der Waals surface area contributed by atoms with Crippen LogP contribution in [-0.4, -0.2) is 37.9 Å². The Morgan fingerprint density at radius 1 is 1.44 bits per heavy atom. The number of nitrogens with zero attached hydrogens (tertiary/aromatic N) is 2. The second kappa shape index (κ2) is 3.53. The van der Waals surface area contributed by atoms with Crippen molar-refractivity contribution >= 4 is 0 Å². The molecule has 4 heteroatoms. The lowest BCUT2D eigenvalue weighted by molar-refractivity contribution is 0.0383. The van der Waals surface area contributed by atoms with E-state index in [1.54, 1.807) is 0 Å². The summed E-state index contributed by atoms with van der Waals surface area (Å²) in [5.41, 5.74) is 6.58. The quantitative estimate of drug-likeness (QED) is 0.545. The molecule has 0 bridgehead atoms. The van der Waals surface area contributed by atoms with Gasteiger partial charge in [0.1, 0.15) is 6.67 Å². The molecule has 1 fully saturated rings.